The van der Waals surface area contributed by atoms with E-state index < -0.39 is 0 Å². The highest BCUT2D eigenvalue weighted by atomic mass is 16.1. The Bertz CT molecular complexity index is 817. The zero-order chi connectivity index (χ0) is 18.4. The van der Waals surface area contributed by atoms with E-state index in [2.05, 4.69) is 36.5 Å². The second kappa shape index (κ2) is 8.25. The molecule has 1 amide bonds. The third-order valence-corrected chi connectivity index (χ3v) is 4.44. The number of nitriles is 1. The Balaban J connectivity index is 1.76. The molecule has 1 aromatic heterocycles. The predicted octanol–water partition coefficient (Wildman–Crippen LogP) is 2.07. The number of aromatic amines is 1. The van der Waals surface area contributed by atoms with Gasteiger partial charge < -0.3 is 10.2 Å². The fourth-order valence-electron chi connectivity index (χ4n) is 3.03. The van der Waals surface area contributed by atoms with Gasteiger partial charge in [-0.3, -0.25) is 19.9 Å². The molecule has 134 valence electrons. The summed E-state index contributed by atoms with van der Waals surface area (Å²) in [6.07, 6.45) is 10.8. The van der Waals surface area contributed by atoms with E-state index in [1.165, 1.54) is 6.21 Å². The molecular weight excluding hydrogens is 330 g/mol. The van der Waals surface area contributed by atoms with Crippen molar-refractivity contribution in [3.8, 4) is 6.07 Å². The van der Waals surface area contributed by atoms with Crippen LogP contribution in [0.3, 0.4) is 0 Å². The first-order valence-electron chi connectivity index (χ1n) is 8.56. The number of carbonyl (C=O) groups excluding carboxylic acids is 1. The summed E-state index contributed by atoms with van der Waals surface area (Å²) < 4.78 is 0. The van der Waals surface area contributed by atoms with Crippen LogP contribution < -0.4 is 10.2 Å². The number of rotatable bonds is 4. The fourth-order valence-corrected chi connectivity index (χ4v) is 3.03. The molecule has 0 radical (unpaired) electrons. The normalized spacial score (nSPS) is 19.6. The Labute approximate surface area is 152 Å². The van der Waals surface area contributed by atoms with Crippen molar-refractivity contribution in [2.75, 3.05) is 30.4 Å². The van der Waals surface area contributed by atoms with Crippen LogP contribution in [0.5, 0.6) is 0 Å². The number of dihydropyridines is 1. The van der Waals surface area contributed by atoms with Crippen LogP contribution in [0.25, 0.3) is 0 Å². The summed E-state index contributed by atoms with van der Waals surface area (Å²) in [5, 5.41) is 19.0. The standard InChI is InChI=1S/C18H21N7O/c1-20-11-14(15-4-2-3-7-21-15)18(26)23-16-12-22-24-17(16)25-8-5-13(10-19)6-9-25/h2-3,7,11-13H,4-6,8-9H2,1H3,(H,22,24)(H,23,26)/b15-14-,20-11?. The third-order valence-electron chi connectivity index (χ3n) is 4.44. The third kappa shape index (κ3) is 3.88. The Kier molecular flexibility index (Phi) is 5.59. The molecule has 3 rings (SSSR count). The van der Waals surface area contributed by atoms with Gasteiger partial charge in [-0.1, -0.05) is 6.08 Å². The van der Waals surface area contributed by atoms with Crippen LogP contribution in [0.2, 0.25) is 0 Å². The topological polar surface area (TPSA) is 110 Å². The van der Waals surface area contributed by atoms with Crippen molar-refractivity contribution in [2.45, 2.75) is 19.3 Å². The Hall–Kier alpha value is -3.21. The lowest BCUT2D eigenvalue weighted by molar-refractivity contribution is -0.112. The second-order valence-corrected chi connectivity index (χ2v) is 6.13. The molecule has 3 heterocycles. The maximum absolute atomic E-state index is 12.8. The number of anilines is 2. The van der Waals surface area contributed by atoms with Crippen molar-refractivity contribution in [2.24, 2.45) is 15.9 Å². The Morgan fingerprint density at radius 3 is 2.96 bits per heavy atom. The lowest BCUT2D eigenvalue weighted by Gasteiger charge is -2.30. The second-order valence-electron chi connectivity index (χ2n) is 6.13. The van der Waals surface area contributed by atoms with E-state index in [1.54, 1.807) is 19.5 Å². The number of hydrogen-bond donors (Lipinski definition) is 2. The van der Waals surface area contributed by atoms with Crippen molar-refractivity contribution in [1.82, 2.24) is 10.2 Å². The number of aliphatic imine (C=N–C) groups is 2. The van der Waals surface area contributed by atoms with Crippen LogP contribution in [-0.2, 0) is 4.79 Å². The van der Waals surface area contributed by atoms with Crippen molar-refractivity contribution in [3.63, 3.8) is 0 Å². The molecule has 2 aliphatic rings. The number of amides is 1. The summed E-state index contributed by atoms with van der Waals surface area (Å²) >= 11 is 0. The monoisotopic (exact) mass is 351 g/mol. The molecule has 1 fully saturated rings. The molecule has 0 aliphatic carbocycles. The van der Waals surface area contributed by atoms with E-state index in [0.29, 0.717) is 23.4 Å². The number of piperidine rings is 1. The summed E-state index contributed by atoms with van der Waals surface area (Å²) in [4.78, 5) is 23.1. The number of nitrogens with zero attached hydrogens (tertiary/aromatic N) is 5. The number of nitrogens with one attached hydrogen (secondary N) is 2. The van der Waals surface area contributed by atoms with Gasteiger partial charge in [0.25, 0.3) is 5.91 Å². The van der Waals surface area contributed by atoms with Crippen molar-refractivity contribution < 1.29 is 4.79 Å². The summed E-state index contributed by atoms with van der Waals surface area (Å²) in [5.41, 5.74) is 1.72. The summed E-state index contributed by atoms with van der Waals surface area (Å²) in [6.45, 7) is 1.51. The van der Waals surface area contributed by atoms with E-state index in [-0.39, 0.29) is 11.8 Å². The molecule has 8 nitrogen and oxygen atoms in total. The highest BCUT2D eigenvalue weighted by Crippen LogP contribution is 2.28. The molecule has 0 saturated carbocycles. The molecule has 0 unspecified atom stereocenters. The molecule has 0 atom stereocenters. The highest BCUT2D eigenvalue weighted by molar-refractivity contribution is 6.19. The van der Waals surface area contributed by atoms with E-state index in [9.17, 15) is 4.79 Å². The zero-order valence-corrected chi connectivity index (χ0v) is 14.6. The average Bonchev–Trinajstić information content (AvgIpc) is 3.14. The van der Waals surface area contributed by atoms with E-state index >= 15 is 0 Å². The van der Waals surface area contributed by atoms with Gasteiger partial charge in [0, 0.05) is 44.9 Å². The first-order chi connectivity index (χ1) is 12.7. The van der Waals surface area contributed by atoms with Crippen LogP contribution in [0.15, 0.2) is 39.6 Å². The Morgan fingerprint density at radius 2 is 2.31 bits per heavy atom. The molecular formula is C18H21N7O. The number of H-pyrrole nitrogens is 1. The molecule has 0 aromatic carbocycles. The number of allylic oxidation sites excluding steroid dienone is 2. The number of aromatic nitrogens is 2. The van der Waals surface area contributed by atoms with Crippen molar-refractivity contribution in [1.29, 1.82) is 5.26 Å². The van der Waals surface area contributed by atoms with Crippen molar-refractivity contribution >= 4 is 29.8 Å². The predicted molar refractivity (Wildman–Crippen MR) is 101 cm³/mol. The van der Waals surface area contributed by atoms with Crippen LogP contribution >= 0.6 is 0 Å². The minimum Gasteiger partial charge on any atom is -0.355 e. The van der Waals surface area contributed by atoms with Gasteiger partial charge in [-0.25, -0.2) is 0 Å². The molecule has 1 saturated heterocycles. The molecule has 0 spiro atoms. The van der Waals surface area contributed by atoms with Gasteiger partial charge in [-0.05, 0) is 18.9 Å². The molecule has 8 heteroatoms. The minimum atomic E-state index is -0.271. The van der Waals surface area contributed by atoms with Gasteiger partial charge in [0.15, 0.2) is 0 Å². The van der Waals surface area contributed by atoms with Crippen LogP contribution in [0.1, 0.15) is 19.3 Å². The lowest BCUT2D eigenvalue weighted by atomic mass is 9.99. The van der Waals surface area contributed by atoms with Crippen LogP contribution in [0, 0.1) is 17.2 Å². The number of carbonyl (C=O) groups is 1. The van der Waals surface area contributed by atoms with Crippen molar-refractivity contribution in [3.05, 3.63) is 29.6 Å². The fraction of sp³-hybridized carbons (Fsp3) is 0.389. The summed E-state index contributed by atoms with van der Waals surface area (Å²) in [5.74, 6) is 0.591. The maximum atomic E-state index is 12.8. The zero-order valence-electron chi connectivity index (χ0n) is 14.6. The van der Waals surface area contributed by atoms with E-state index in [1.807, 2.05) is 12.2 Å². The molecule has 0 bridgehead atoms. The van der Waals surface area contributed by atoms with Gasteiger partial charge >= 0.3 is 0 Å². The first-order valence-corrected chi connectivity index (χ1v) is 8.56. The van der Waals surface area contributed by atoms with E-state index in [0.717, 1.165) is 31.7 Å². The molecule has 2 N–H and O–H groups in total. The van der Waals surface area contributed by atoms with Gasteiger partial charge in [0.1, 0.15) is 11.5 Å². The maximum Gasteiger partial charge on any atom is 0.259 e. The van der Waals surface area contributed by atoms with Crippen LogP contribution in [-0.4, -0.2) is 48.7 Å². The largest absolute Gasteiger partial charge is 0.355 e. The lowest BCUT2D eigenvalue weighted by Crippen LogP contribution is -2.34. The quantitative estimate of drug-likeness (QED) is 0.639. The first kappa shape index (κ1) is 17.6. The molecule has 2 aliphatic heterocycles. The molecule has 1 aromatic rings. The number of hydrogen-bond acceptors (Lipinski definition) is 6. The van der Waals surface area contributed by atoms with Gasteiger partial charge in [0.2, 0.25) is 0 Å². The summed E-state index contributed by atoms with van der Waals surface area (Å²) in [7, 11) is 1.62. The van der Waals surface area contributed by atoms with Gasteiger partial charge in [0.05, 0.1) is 23.5 Å². The smallest absolute Gasteiger partial charge is 0.259 e. The minimum absolute atomic E-state index is 0.0986. The van der Waals surface area contributed by atoms with E-state index in [4.69, 9.17) is 5.26 Å². The average molecular weight is 351 g/mol. The summed E-state index contributed by atoms with van der Waals surface area (Å²) in [6, 6.07) is 2.32. The highest BCUT2D eigenvalue weighted by Gasteiger charge is 2.23. The van der Waals surface area contributed by atoms with Gasteiger partial charge in [-0.15, -0.1) is 0 Å². The van der Waals surface area contributed by atoms with Crippen LogP contribution in [0.4, 0.5) is 11.5 Å². The van der Waals surface area contributed by atoms with Gasteiger partial charge in [-0.2, -0.15) is 10.4 Å². The molecule has 26 heavy (non-hydrogen) atoms. The Morgan fingerprint density at radius 1 is 1.50 bits per heavy atom. The SMILES string of the molecule is CN=C/C(C(=O)Nc1cn[nH]c1N1CCC(C#N)CC1)=C1\CC=CC=N1.